The van der Waals surface area contributed by atoms with Gasteiger partial charge in [-0.05, 0) is 109 Å². The van der Waals surface area contributed by atoms with Crippen molar-refractivity contribution in [3.05, 3.63) is 40.3 Å². The summed E-state index contributed by atoms with van der Waals surface area (Å²) < 4.78 is 34.8. The third-order valence-corrected chi connectivity index (χ3v) is 9.58. The number of benzene rings is 1. The molecule has 0 saturated carbocycles. The highest BCUT2D eigenvalue weighted by atomic mass is 32.1. The fourth-order valence-corrected chi connectivity index (χ4v) is 7.32. The van der Waals surface area contributed by atoms with Crippen molar-refractivity contribution >= 4 is 34.3 Å². The Bertz CT molecular complexity index is 1770. The lowest BCUT2D eigenvalue weighted by atomic mass is 9.86. The van der Waals surface area contributed by atoms with Crippen LogP contribution in [0.4, 0.5) is 10.3 Å². The zero-order valence-electron chi connectivity index (χ0n) is 27.6. The molecule has 5 heterocycles. The monoisotopic (exact) mass is 634 g/mol. The van der Waals surface area contributed by atoms with Gasteiger partial charge in [0.1, 0.15) is 11.8 Å². The van der Waals surface area contributed by atoms with Gasteiger partial charge in [0.05, 0.1) is 17.9 Å². The summed E-state index contributed by atoms with van der Waals surface area (Å²) in [6.07, 6.45) is 1.72. The van der Waals surface area contributed by atoms with Crippen molar-refractivity contribution in [3.8, 4) is 27.6 Å². The van der Waals surface area contributed by atoms with Gasteiger partial charge in [-0.2, -0.15) is 9.36 Å². The van der Waals surface area contributed by atoms with Crippen LogP contribution in [0.1, 0.15) is 69.0 Å². The Morgan fingerprint density at radius 1 is 1.09 bits per heavy atom. The van der Waals surface area contributed by atoms with Crippen molar-refractivity contribution in [2.75, 3.05) is 44.7 Å². The Morgan fingerprint density at radius 3 is 2.60 bits per heavy atom. The Kier molecular flexibility index (Phi) is 8.47. The second-order valence-electron chi connectivity index (χ2n) is 13.4. The van der Waals surface area contributed by atoms with E-state index < -0.39 is 17.5 Å². The van der Waals surface area contributed by atoms with E-state index >= 15 is 4.39 Å². The van der Waals surface area contributed by atoms with Crippen molar-refractivity contribution in [3.63, 3.8) is 0 Å². The Hall–Kier alpha value is -3.41. The summed E-state index contributed by atoms with van der Waals surface area (Å²) in [4.78, 5) is 27.9. The largest absolute Gasteiger partial charge is 0.490 e. The molecule has 1 saturated heterocycles. The summed E-state index contributed by atoms with van der Waals surface area (Å²) in [5.41, 5.74) is 5.58. The molecular weight excluding hydrogens is 591 g/mol. The molecule has 11 heteroatoms. The third-order valence-electron chi connectivity index (χ3n) is 8.85. The normalized spacial score (nSPS) is 16.9. The minimum atomic E-state index is -0.885. The maximum absolute atomic E-state index is 15.8. The first-order valence-electron chi connectivity index (χ1n) is 15.7. The summed E-state index contributed by atoms with van der Waals surface area (Å²) in [5.74, 6) is 0.532. The highest BCUT2D eigenvalue weighted by molar-refractivity contribution is 7.09. The molecule has 1 atom stereocenters. The standard InChI is InChI=1S/C34H43FN6O3S/c1-19-22-11-9-16-43-30(22)25(35)17-23(19)28-24-18-26(32-37-33(38-45-32)41-13-10-12-39(7)14-15-41)40(8)31(24)36-20(2)27(28)29(21(3)42)44-34(4,5)6/h17-18,29H,9-16H2,1-8H3/t29-/m1/s1. The molecular formula is C34H43FN6O3S. The molecule has 4 aromatic rings. The molecule has 0 unspecified atom stereocenters. The van der Waals surface area contributed by atoms with Crippen molar-refractivity contribution in [1.82, 2.24) is 23.8 Å². The zero-order chi connectivity index (χ0) is 32.2. The number of hydrogen-bond acceptors (Lipinski definition) is 9. The molecule has 3 aromatic heterocycles. The molecule has 2 aliphatic rings. The van der Waals surface area contributed by atoms with Crippen molar-refractivity contribution in [1.29, 1.82) is 0 Å². The van der Waals surface area contributed by atoms with Crippen LogP contribution in [-0.2, 0) is 23.0 Å². The number of likely N-dealkylation sites (N-methyl/N-ethyl adjacent to an activating group) is 1. The highest BCUT2D eigenvalue weighted by Gasteiger charge is 2.33. The molecule has 0 amide bonds. The first-order chi connectivity index (χ1) is 21.3. The smallest absolute Gasteiger partial charge is 0.237 e. The van der Waals surface area contributed by atoms with E-state index in [1.807, 2.05) is 46.2 Å². The Balaban J connectivity index is 1.58. The number of ether oxygens (including phenoxy) is 2. The second kappa shape index (κ2) is 12.1. The molecule has 240 valence electrons. The van der Waals surface area contributed by atoms with E-state index in [9.17, 15) is 4.79 Å². The van der Waals surface area contributed by atoms with Crippen LogP contribution >= 0.6 is 11.5 Å². The van der Waals surface area contributed by atoms with Gasteiger partial charge in [-0.3, -0.25) is 4.79 Å². The van der Waals surface area contributed by atoms with Crippen molar-refractivity contribution in [2.24, 2.45) is 7.05 Å². The summed E-state index contributed by atoms with van der Waals surface area (Å²) in [5, 5.41) is 1.59. The minimum Gasteiger partial charge on any atom is -0.490 e. The lowest BCUT2D eigenvalue weighted by molar-refractivity contribution is -0.138. The van der Waals surface area contributed by atoms with Crippen molar-refractivity contribution < 1.29 is 18.7 Å². The van der Waals surface area contributed by atoms with Crippen LogP contribution < -0.4 is 9.64 Å². The third kappa shape index (κ3) is 5.97. The van der Waals surface area contributed by atoms with E-state index in [0.29, 0.717) is 23.6 Å². The average molecular weight is 635 g/mol. The Morgan fingerprint density at radius 2 is 1.87 bits per heavy atom. The fourth-order valence-electron chi connectivity index (χ4n) is 6.58. The molecule has 9 nitrogen and oxygen atoms in total. The van der Waals surface area contributed by atoms with Crippen LogP contribution in [0.15, 0.2) is 12.1 Å². The summed E-state index contributed by atoms with van der Waals surface area (Å²) in [6.45, 7) is 15.6. The van der Waals surface area contributed by atoms with Gasteiger partial charge in [-0.1, -0.05) is 0 Å². The number of hydrogen-bond donors (Lipinski definition) is 0. The first kappa shape index (κ1) is 31.6. The number of carbonyl (C=O) groups is 1. The van der Waals surface area contributed by atoms with Crippen LogP contribution in [0.5, 0.6) is 5.75 Å². The minimum absolute atomic E-state index is 0.136. The van der Waals surface area contributed by atoms with Gasteiger partial charge in [-0.15, -0.1) is 0 Å². The highest BCUT2D eigenvalue weighted by Crippen LogP contribution is 2.46. The quantitative estimate of drug-likeness (QED) is 0.240. The topological polar surface area (TPSA) is 85.6 Å². The van der Waals surface area contributed by atoms with Gasteiger partial charge < -0.3 is 23.8 Å². The van der Waals surface area contributed by atoms with Crippen LogP contribution in [0, 0.1) is 19.7 Å². The van der Waals surface area contributed by atoms with E-state index in [0.717, 1.165) is 95.4 Å². The number of Topliss-reactive ketones (excluding diaryl/α,β-unsaturated/α-hetero) is 1. The number of anilines is 1. The maximum atomic E-state index is 15.8. The predicted octanol–water partition coefficient (Wildman–Crippen LogP) is 6.43. The number of ketones is 1. The number of fused-ring (bicyclic) bond motifs is 2. The molecule has 6 rings (SSSR count). The van der Waals surface area contributed by atoms with Gasteiger partial charge in [-0.25, -0.2) is 9.37 Å². The molecule has 0 N–H and O–H groups in total. The predicted molar refractivity (Wildman–Crippen MR) is 177 cm³/mol. The number of aromatic nitrogens is 4. The molecule has 0 aliphatic carbocycles. The number of halogens is 1. The average Bonchev–Trinajstić information content (AvgIpc) is 3.52. The van der Waals surface area contributed by atoms with Gasteiger partial charge in [0.25, 0.3) is 0 Å². The summed E-state index contributed by atoms with van der Waals surface area (Å²) in [7, 11) is 4.11. The van der Waals surface area contributed by atoms with Gasteiger partial charge in [0.15, 0.2) is 22.4 Å². The number of pyridine rings is 1. The molecule has 1 aromatic carbocycles. The molecule has 0 radical (unpaired) electrons. The van der Waals surface area contributed by atoms with E-state index in [2.05, 4.69) is 22.9 Å². The summed E-state index contributed by atoms with van der Waals surface area (Å²) >= 11 is 1.37. The van der Waals surface area contributed by atoms with Crippen molar-refractivity contribution in [2.45, 2.75) is 72.5 Å². The number of nitrogens with zero attached hydrogens (tertiary/aromatic N) is 6. The molecule has 1 fully saturated rings. The number of aryl methyl sites for hydroxylation is 2. The molecule has 0 spiro atoms. The van der Waals surface area contributed by atoms with E-state index in [4.69, 9.17) is 23.8 Å². The van der Waals surface area contributed by atoms with E-state index in [1.54, 1.807) is 6.07 Å². The van der Waals surface area contributed by atoms with E-state index in [1.165, 1.54) is 18.5 Å². The van der Waals surface area contributed by atoms with Gasteiger partial charge >= 0.3 is 0 Å². The van der Waals surface area contributed by atoms with Crippen LogP contribution in [0.3, 0.4) is 0 Å². The van der Waals surface area contributed by atoms with Crippen LogP contribution in [0.2, 0.25) is 0 Å². The SMILES string of the molecule is CC(=O)[C@@H](OC(C)(C)C)c1c(C)nc2c(cc(-c3nc(N4CCCN(C)CC4)ns3)n2C)c1-c1cc(F)c2c(c1C)CCCO2. The number of carbonyl (C=O) groups excluding carboxylic acids is 1. The number of rotatable bonds is 6. The molecule has 0 bridgehead atoms. The lowest BCUT2D eigenvalue weighted by Gasteiger charge is -2.30. The molecule has 2 aliphatic heterocycles. The fraction of sp³-hybridized carbons (Fsp3) is 0.529. The lowest BCUT2D eigenvalue weighted by Crippen LogP contribution is -2.29. The zero-order valence-corrected chi connectivity index (χ0v) is 28.4. The van der Waals surface area contributed by atoms with E-state index in [-0.39, 0.29) is 5.78 Å². The first-order valence-corrected chi connectivity index (χ1v) is 16.5. The Labute approximate surface area is 268 Å². The molecule has 45 heavy (non-hydrogen) atoms. The summed E-state index contributed by atoms with van der Waals surface area (Å²) in [6, 6.07) is 3.61. The maximum Gasteiger partial charge on any atom is 0.237 e. The van der Waals surface area contributed by atoms with Crippen LogP contribution in [0.25, 0.3) is 32.9 Å². The second-order valence-corrected chi connectivity index (χ2v) is 14.1. The van der Waals surface area contributed by atoms with Gasteiger partial charge in [0, 0.05) is 54.5 Å². The van der Waals surface area contributed by atoms with Gasteiger partial charge in [0.2, 0.25) is 5.95 Å². The van der Waals surface area contributed by atoms with Crippen LogP contribution in [-0.4, -0.2) is 75.0 Å².